The molecule has 0 aliphatic carbocycles. The summed E-state index contributed by atoms with van der Waals surface area (Å²) in [6.07, 6.45) is 0. The highest BCUT2D eigenvalue weighted by Gasteiger charge is 2.13. The second-order valence-electron chi connectivity index (χ2n) is 5.51. The van der Waals surface area contributed by atoms with Crippen molar-refractivity contribution in [2.24, 2.45) is 0 Å². The quantitative estimate of drug-likeness (QED) is 0.376. The summed E-state index contributed by atoms with van der Waals surface area (Å²) in [6.45, 7) is 0. The molecule has 0 heterocycles. The van der Waals surface area contributed by atoms with Crippen LogP contribution >= 0.6 is 15.9 Å². The summed E-state index contributed by atoms with van der Waals surface area (Å²) in [5, 5.41) is 4.44. The third-order valence-electron chi connectivity index (χ3n) is 4.10. The molecule has 0 bridgehead atoms. The SMILES string of the molecule is COc1ccc(Oc2c3ccccc3c(Br)c3ccccc23)cc1. The molecule has 0 spiro atoms. The number of rotatable bonds is 3. The zero-order valence-corrected chi connectivity index (χ0v) is 14.7. The van der Waals surface area contributed by atoms with Gasteiger partial charge in [0, 0.05) is 26.0 Å². The van der Waals surface area contributed by atoms with E-state index in [9.17, 15) is 0 Å². The van der Waals surface area contributed by atoms with Crippen LogP contribution in [-0.2, 0) is 0 Å². The smallest absolute Gasteiger partial charge is 0.143 e. The molecule has 4 aromatic rings. The summed E-state index contributed by atoms with van der Waals surface area (Å²) >= 11 is 3.75. The van der Waals surface area contributed by atoms with Crippen molar-refractivity contribution in [2.75, 3.05) is 7.11 Å². The zero-order chi connectivity index (χ0) is 16.5. The van der Waals surface area contributed by atoms with E-state index in [1.54, 1.807) is 7.11 Å². The molecule has 0 amide bonds. The van der Waals surface area contributed by atoms with Gasteiger partial charge in [-0.2, -0.15) is 0 Å². The third kappa shape index (κ3) is 2.51. The van der Waals surface area contributed by atoms with Gasteiger partial charge in [-0.15, -0.1) is 0 Å². The molecule has 2 nitrogen and oxygen atoms in total. The molecule has 3 heteroatoms. The van der Waals surface area contributed by atoms with Crippen molar-refractivity contribution in [1.29, 1.82) is 0 Å². The van der Waals surface area contributed by atoms with E-state index in [0.717, 1.165) is 43.3 Å². The Labute approximate surface area is 148 Å². The Morgan fingerprint density at radius 1 is 0.625 bits per heavy atom. The van der Waals surface area contributed by atoms with Crippen molar-refractivity contribution in [3.8, 4) is 17.2 Å². The van der Waals surface area contributed by atoms with Gasteiger partial charge >= 0.3 is 0 Å². The lowest BCUT2D eigenvalue weighted by Gasteiger charge is -2.15. The normalized spacial score (nSPS) is 10.9. The van der Waals surface area contributed by atoms with Crippen LogP contribution in [0.3, 0.4) is 0 Å². The predicted molar refractivity (Wildman–Crippen MR) is 102 cm³/mol. The molecule has 24 heavy (non-hydrogen) atoms. The van der Waals surface area contributed by atoms with Crippen molar-refractivity contribution >= 4 is 37.5 Å². The van der Waals surface area contributed by atoms with Gasteiger partial charge in [0.2, 0.25) is 0 Å². The molecule has 4 aromatic carbocycles. The summed E-state index contributed by atoms with van der Waals surface area (Å²) < 4.78 is 12.6. The van der Waals surface area contributed by atoms with E-state index in [-0.39, 0.29) is 0 Å². The maximum atomic E-state index is 6.28. The third-order valence-corrected chi connectivity index (χ3v) is 4.95. The van der Waals surface area contributed by atoms with Crippen LogP contribution in [0, 0.1) is 0 Å². The van der Waals surface area contributed by atoms with Gasteiger partial charge in [-0.05, 0) is 40.2 Å². The van der Waals surface area contributed by atoms with Crippen LogP contribution in [0.5, 0.6) is 17.2 Å². The van der Waals surface area contributed by atoms with E-state index < -0.39 is 0 Å². The van der Waals surface area contributed by atoms with Crippen LogP contribution in [0.2, 0.25) is 0 Å². The molecular weight excluding hydrogens is 364 g/mol. The molecule has 0 aliphatic rings. The Kier molecular flexibility index (Phi) is 3.87. The number of methoxy groups -OCH3 is 1. The predicted octanol–water partition coefficient (Wildman–Crippen LogP) is 6.56. The van der Waals surface area contributed by atoms with Crippen molar-refractivity contribution in [3.63, 3.8) is 0 Å². The lowest BCUT2D eigenvalue weighted by atomic mass is 10.0. The Balaban J connectivity index is 1.95. The van der Waals surface area contributed by atoms with Crippen molar-refractivity contribution in [2.45, 2.75) is 0 Å². The van der Waals surface area contributed by atoms with Gasteiger partial charge in [0.05, 0.1) is 7.11 Å². The minimum atomic E-state index is 0.786. The molecule has 0 fully saturated rings. The van der Waals surface area contributed by atoms with E-state index >= 15 is 0 Å². The zero-order valence-electron chi connectivity index (χ0n) is 13.1. The van der Waals surface area contributed by atoms with Crippen molar-refractivity contribution in [1.82, 2.24) is 0 Å². The standard InChI is InChI=1S/C21H15BrO2/c1-23-14-10-12-15(13-11-14)24-21-18-8-4-2-6-16(18)20(22)17-7-3-5-9-19(17)21/h2-13H,1H3. The van der Waals surface area contributed by atoms with Gasteiger partial charge in [-0.3, -0.25) is 0 Å². The van der Waals surface area contributed by atoms with E-state index in [1.807, 2.05) is 48.5 Å². The lowest BCUT2D eigenvalue weighted by Crippen LogP contribution is -1.90. The van der Waals surface area contributed by atoms with E-state index in [2.05, 4.69) is 40.2 Å². The Bertz CT molecular complexity index is 966. The van der Waals surface area contributed by atoms with Gasteiger partial charge in [-0.1, -0.05) is 48.5 Å². The summed E-state index contributed by atoms with van der Waals surface area (Å²) in [5.41, 5.74) is 0. The second-order valence-corrected chi connectivity index (χ2v) is 6.30. The van der Waals surface area contributed by atoms with Crippen LogP contribution in [-0.4, -0.2) is 7.11 Å². The van der Waals surface area contributed by atoms with Crippen LogP contribution < -0.4 is 9.47 Å². The monoisotopic (exact) mass is 378 g/mol. The van der Waals surface area contributed by atoms with E-state index in [4.69, 9.17) is 9.47 Å². The van der Waals surface area contributed by atoms with Crippen LogP contribution in [0.25, 0.3) is 21.5 Å². The summed E-state index contributed by atoms with van der Waals surface area (Å²) in [4.78, 5) is 0. The minimum Gasteiger partial charge on any atom is -0.497 e. The van der Waals surface area contributed by atoms with Crippen LogP contribution in [0.4, 0.5) is 0 Å². The lowest BCUT2D eigenvalue weighted by molar-refractivity contribution is 0.413. The first-order valence-electron chi connectivity index (χ1n) is 7.69. The number of fused-ring (bicyclic) bond motifs is 2. The summed E-state index contributed by atoms with van der Waals surface area (Å²) in [6, 6.07) is 24.2. The minimum absolute atomic E-state index is 0.786. The maximum Gasteiger partial charge on any atom is 0.143 e. The molecule has 0 saturated carbocycles. The fourth-order valence-corrected chi connectivity index (χ4v) is 3.60. The van der Waals surface area contributed by atoms with Crippen LogP contribution in [0.1, 0.15) is 0 Å². The highest BCUT2D eigenvalue weighted by molar-refractivity contribution is 9.10. The molecule has 0 aromatic heterocycles. The first kappa shape index (κ1) is 15.0. The van der Waals surface area contributed by atoms with Crippen molar-refractivity contribution in [3.05, 3.63) is 77.3 Å². The maximum absolute atomic E-state index is 6.28. The number of benzene rings is 4. The van der Waals surface area contributed by atoms with Gasteiger partial charge in [0.15, 0.2) is 0 Å². The van der Waals surface area contributed by atoms with Gasteiger partial charge in [0.1, 0.15) is 17.2 Å². The molecule has 0 saturated heterocycles. The van der Waals surface area contributed by atoms with Gasteiger partial charge in [-0.25, -0.2) is 0 Å². The molecule has 0 unspecified atom stereocenters. The molecular formula is C21H15BrO2. The highest BCUT2D eigenvalue weighted by Crippen LogP contribution is 2.42. The average Bonchev–Trinajstić information content (AvgIpc) is 2.65. The number of halogens is 1. The molecule has 0 N–H and O–H groups in total. The Morgan fingerprint density at radius 2 is 1.08 bits per heavy atom. The molecule has 0 radical (unpaired) electrons. The summed E-state index contributed by atoms with van der Waals surface area (Å²) in [7, 11) is 1.66. The Morgan fingerprint density at radius 3 is 1.58 bits per heavy atom. The second kappa shape index (κ2) is 6.17. The van der Waals surface area contributed by atoms with E-state index in [0.29, 0.717) is 0 Å². The molecule has 0 aliphatic heterocycles. The van der Waals surface area contributed by atoms with Gasteiger partial charge in [0.25, 0.3) is 0 Å². The first-order chi connectivity index (χ1) is 11.8. The molecule has 118 valence electrons. The molecule has 4 rings (SSSR count). The summed E-state index contributed by atoms with van der Waals surface area (Å²) in [5.74, 6) is 2.47. The fourth-order valence-electron chi connectivity index (χ4n) is 2.91. The number of ether oxygens (including phenoxy) is 2. The number of hydrogen-bond acceptors (Lipinski definition) is 2. The largest absolute Gasteiger partial charge is 0.497 e. The van der Waals surface area contributed by atoms with Crippen molar-refractivity contribution < 1.29 is 9.47 Å². The van der Waals surface area contributed by atoms with E-state index in [1.165, 1.54) is 0 Å². The molecule has 0 atom stereocenters. The Hall–Kier alpha value is -2.52. The average molecular weight is 379 g/mol. The highest BCUT2D eigenvalue weighted by atomic mass is 79.9. The fraction of sp³-hybridized carbons (Fsp3) is 0.0476. The number of hydrogen-bond donors (Lipinski definition) is 0. The topological polar surface area (TPSA) is 18.5 Å². The van der Waals surface area contributed by atoms with Crippen LogP contribution in [0.15, 0.2) is 77.3 Å². The first-order valence-corrected chi connectivity index (χ1v) is 8.48. The van der Waals surface area contributed by atoms with Gasteiger partial charge < -0.3 is 9.47 Å².